The van der Waals surface area contributed by atoms with Crippen LogP contribution < -0.4 is 5.32 Å². The summed E-state index contributed by atoms with van der Waals surface area (Å²) in [4.78, 5) is 4.87. The minimum atomic E-state index is 0.708. The van der Waals surface area contributed by atoms with E-state index in [1.165, 1.54) is 38.9 Å². The maximum absolute atomic E-state index is 3.68. The summed E-state index contributed by atoms with van der Waals surface area (Å²) in [6, 6.07) is 1.46. The van der Waals surface area contributed by atoms with Gasteiger partial charge >= 0.3 is 0 Å². The molecule has 0 aromatic carbocycles. The van der Waals surface area contributed by atoms with E-state index in [1.54, 1.807) is 0 Å². The molecule has 0 saturated carbocycles. The summed E-state index contributed by atoms with van der Waals surface area (Å²) < 4.78 is 0. The molecule has 3 nitrogen and oxygen atoms in total. The number of nitrogens with one attached hydrogen (secondary N) is 1. The fourth-order valence-electron chi connectivity index (χ4n) is 2.19. The van der Waals surface area contributed by atoms with Crippen LogP contribution in [0.2, 0.25) is 0 Å². The molecule has 3 heteroatoms. The number of likely N-dealkylation sites (tertiary alicyclic amines) is 1. The van der Waals surface area contributed by atoms with Gasteiger partial charge in [0.15, 0.2) is 0 Å². The van der Waals surface area contributed by atoms with Crippen molar-refractivity contribution in [3.05, 3.63) is 0 Å². The van der Waals surface area contributed by atoms with E-state index in [9.17, 15) is 0 Å². The topological polar surface area (TPSA) is 18.5 Å². The third-order valence-electron chi connectivity index (χ3n) is 3.96. The van der Waals surface area contributed by atoms with Crippen LogP contribution in [-0.2, 0) is 0 Å². The monoisotopic (exact) mass is 227 g/mol. The first-order chi connectivity index (χ1) is 7.63. The molecule has 1 unspecified atom stereocenters. The van der Waals surface area contributed by atoms with Crippen LogP contribution in [0.4, 0.5) is 0 Å². The quantitative estimate of drug-likeness (QED) is 0.740. The van der Waals surface area contributed by atoms with Crippen molar-refractivity contribution in [1.29, 1.82) is 0 Å². The van der Waals surface area contributed by atoms with Gasteiger partial charge in [-0.05, 0) is 53.4 Å². The second-order valence-electron chi connectivity index (χ2n) is 5.27. The van der Waals surface area contributed by atoms with Gasteiger partial charge in [-0.1, -0.05) is 6.92 Å². The van der Waals surface area contributed by atoms with Crippen molar-refractivity contribution < 1.29 is 0 Å². The third kappa shape index (κ3) is 4.81. The van der Waals surface area contributed by atoms with E-state index in [0.717, 1.165) is 12.6 Å². The lowest BCUT2D eigenvalue weighted by Crippen LogP contribution is -2.44. The standard InChI is InChI=1S/C13H29N3/c1-5-12(2)16(4)11-8-14-13-6-9-15(3)10-7-13/h12-14H,5-11H2,1-4H3. The van der Waals surface area contributed by atoms with E-state index in [4.69, 9.17) is 0 Å². The third-order valence-corrected chi connectivity index (χ3v) is 3.96. The van der Waals surface area contributed by atoms with Gasteiger partial charge in [-0.2, -0.15) is 0 Å². The fraction of sp³-hybridized carbons (Fsp3) is 1.00. The number of hydrogen-bond acceptors (Lipinski definition) is 3. The van der Waals surface area contributed by atoms with Gasteiger partial charge in [0.05, 0.1) is 0 Å². The van der Waals surface area contributed by atoms with E-state index >= 15 is 0 Å². The van der Waals surface area contributed by atoms with Crippen LogP contribution in [0.15, 0.2) is 0 Å². The molecule has 0 radical (unpaired) electrons. The van der Waals surface area contributed by atoms with Crippen LogP contribution in [0, 0.1) is 0 Å². The molecule has 1 rings (SSSR count). The molecule has 1 aliphatic rings. The van der Waals surface area contributed by atoms with Gasteiger partial charge in [0.25, 0.3) is 0 Å². The van der Waals surface area contributed by atoms with Crippen molar-refractivity contribution in [3.63, 3.8) is 0 Å². The fourth-order valence-corrected chi connectivity index (χ4v) is 2.19. The second-order valence-corrected chi connectivity index (χ2v) is 5.27. The van der Waals surface area contributed by atoms with Crippen LogP contribution >= 0.6 is 0 Å². The highest BCUT2D eigenvalue weighted by atomic mass is 15.1. The average Bonchev–Trinajstić information content (AvgIpc) is 2.30. The Kier molecular flexibility index (Phi) is 6.32. The molecule has 0 aromatic rings. The smallest absolute Gasteiger partial charge is 0.0107 e. The van der Waals surface area contributed by atoms with Crippen molar-refractivity contribution >= 4 is 0 Å². The van der Waals surface area contributed by atoms with Crippen molar-refractivity contribution in [1.82, 2.24) is 15.1 Å². The molecule has 96 valence electrons. The lowest BCUT2D eigenvalue weighted by atomic mass is 10.1. The van der Waals surface area contributed by atoms with E-state index in [0.29, 0.717) is 6.04 Å². The van der Waals surface area contributed by atoms with Crippen LogP contribution in [0.5, 0.6) is 0 Å². The van der Waals surface area contributed by atoms with Crippen molar-refractivity contribution in [3.8, 4) is 0 Å². The Morgan fingerprint density at radius 2 is 2.00 bits per heavy atom. The van der Waals surface area contributed by atoms with Crippen LogP contribution in [-0.4, -0.2) is 62.2 Å². The highest BCUT2D eigenvalue weighted by Crippen LogP contribution is 2.07. The zero-order valence-corrected chi connectivity index (χ0v) is 11.5. The van der Waals surface area contributed by atoms with Gasteiger partial charge in [0.2, 0.25) is 0 Å². The summed E-state index contributed by atoms with van der Waals surface area (Å²) in [7, 11) is 4.44. The predicted molar refractivity (Wildman–Crippen MR) is 70.9 cm³/mol. The number of rotatable bonds is 6. The molecule has 1 aliphatic heterocycles. The van der Waals surface area contributed by atoms with E-state index < -0.39 is 0 Å². The molecule has 1 fully saturated rings. The van der Waals surface area contributed by atoms with Gasteiger partial charge in [-0.3, -0.25) is 0 Å². The van der Waals surface area contributed by atoms with E-state index in [2.05, 4.69) is 43.1 Å². The minimum absolute atomic E-state index is 0.708. The number of likely N-dealkylation sites (N-methyl/N-ethyl adjacent to an activating group) is 1. The molecular weight excluding hydrogens is 198 g/mol. The van der Waals surface area contributed by atoms with Crippen molar-refractivity contribution in [2.24, 2.45) is 0 Å². The first-order valence-corrected chi connectivity index (χ1v) is 6.75. The lowest BCUT2D eigenvalue weighted by Gasteiger charge is -2.30. The summed E-state index contributed by atoms with van der Waals surface area (Å²) in [6.07, 6.45) is 3.86. The average molecular weight is 227 g/mol. The van der Waals surface area contributed by atoms with Crippen LogP contribution in [0.3, 0.4) is 0 Å². The Balaban J connectivity index is 2.06. The molecule has 0 aromatic heterocycles. The van der Waals surface area contributed by atoms with Gasteiger partial charge in [0.1, 0.15) is 0 Å². The number of hydrogen-bond donors (Lipinski definition) is 1. The van der Waals surface area contributed by atoms with Crippen LogP contribution in [0.1, 0.15) is 33.1 Å². The first kappa shape index (κ1) is 13.9. The molecule has 1 saturated heterocycles. The molecule has 16 heavy (non-hydrogen) atoms. The zero-order valence-electron chi connectivity index (χ0n) is 11.5. The summed E-state index contributed by atoms with van der Waals surface area (Å²) in [5, 5.41) is 3.68. The molecule has 1 heterocycles. The molecular formula is C13H29N3. The van der Waals surface area contributed by atoms with Crippen LogP contribution in [0.25, 0.3) is 0 Å². The van der Waals surface area contributed by atoms with Crippen molar-refractivity contribution in [2.75, 3.05) is 40.3 Å². The van der Waals surface area contributed by atoms with Gasteiger partial charge in [0, 0.05) is 25.2 Å². The van der Waals surface area contributed by atoms with Gasteiger partial charge < -0.3 is 15.1 Å². The summed E-state index contributed by atoms with van der Waals surface area (Å²) in [5.74, 6) is 0. The Morgan fingerprint density at radius 1 is 1.38 bits per heavy atom. The Labute approximate surface area is 101 Å². The largest absolute Gasteiger partial charge is 0.313 e. The minimum Gasteiger partial charge on any atom is -0.313 e. The normalized spacial score (nSPS) is 21.6. The molecule has 0 spiro atoms. The molecule has 0 bridgehead atoms. The summed E-state index contributed by atoms with van der Waals surface area (Å²) in [5.41, 5.74) is 0. The first-order valence-electron chi connectivity index (χ1n) is 6.75. The molecule has 1 N–H and O–H groups in total. The van der Waals surface area contributed by atoms with Gasteiger partial charge in [-0.25, -0.2) is 0 Å². The molecule has 1 atom stereocenters. The van der Waals surface area contributed by atoms with E-state index in [-0.39, 0.29) is 0 Å². The Hall–Kier alpha value is -0.120. The predicted octanol–water partition coefficient (Wildman–Crippen LogP) is 1.40. The summed E-state index contributed by atoms with van der Waals surface area (Å²) in [6.45, 7) is 9.36. The maximum Gasteiger partial charge on any atom is 0.0107 e. The highest BCUT2D eigenvalue weighted by molar-refractivity contribution is 4.76. The SMILES string of the molecule is CCC(C)N(C)CCNC1CCN(C)CC1. The second kappa shape index (κ2) is 7.25. The summed E-state index contributed by atoms with van der Waals surface area (Å²) >= 11 is 0. The molecule has 0 amide bonds. The zero-order chi connectivity index (χ0) is 12.0. The Morgan fingerprint density at radius 3 is 2.56 bits per heavy atom. The molecule has 0 aliphatic carbocycles. The number of piperidine rings is 1. The van der Waals surface area contributed by atoms with Gasteiger partial charge in [-0.15, -0.1) is 0 Å². The van der Waals surface area contributed by atoms with Crippen molar-refractivity contribution in [2.45, 2.75) is 45.2 Å². The lowest BCUT2D eigenvalue weighted by molar-refractivity contribution is 0.216. The Bertz CT molecular complexity index is 176. The highest BCUT2D eigenvalue weighted by Gasteiger charge is 2.15. The van der Waals surface area contributed by atoms with E-state index in [1.807, 2.05) is 0 Å². The maximum atomic E-state index is 3.68. The number of nitrogens with zero attached hydrogens (tertiary/aromatic N) is 2.